The normalized spacial score (nSPS) is 14.0. The quantitative estimate of drug-likeness (QED) is 0.911. The third-order valence-electron chi connectivity index (χ3n) is 2.10. The molecule has 0 fully saturated rings. The molecule has 1 rings (SSSR count). The predicted molar refractivity (Wildman–Crippen MR) is 70.6 cm³/mol. The Labute approximate surface area is 114 Å². The van der Waals surface area contributed by atoms with Gasteiger partial charge in [0.2, 0.25) is 10.0 Å². The van der Waals surface area contributed by atoms with Crippen LogP contribution in [0, 0.1) is 0 Å². The molecule has 0 aliphatic heterocycles. The van der Waals surface area contributed by atoms with Gasteiger partial charge in [-0.25, -0.2) is 8.42 Å². The van der Waals surface area contributed by atoms with Crippen LogP contribution in [0.15, 0.2) is 27.6 Å². The first kappa shape index (κ1) is 14.9. The summed E-state index contributed by atoms with van der Waals surface area (Å²) < 4.78 is 26.0. The molecule has 0 saturated heterocycles. The van der Waals surface area contributed by atoms with Crippen LogP contribution in [0.1, 0.15) is 6.92 Å². The number of hydrogen-bond acceptors (Lipinski definition) is 3. The highest BCUT2D eigenvalue weighted by molar-refractivity contribution is 9.10. The Morgan fingerprint density at radius 2 is 2.12 bits per heavy atom. The summed E-state index contributed by atoms with van der Waals surface area (Å²) in [6, 6.07) is 4.56. The van der Waals surface area contributed by atoms with Gasteiger partial charge in [0.25, 0.3) is 0 Å². The topological polar surface area (TPSA) is 57.6 Å². The maximum Gasteiger partial charge on any atom is 0.244 e. The molecule has 0 heterocycles. The van der Waals surface area contributed by atoms with Crippen molar-refractivity contribution in [1.29, 1.82) is 0 Å². The van der Waals surface area contributed by atoms with Gasteiger partial charge >= 0.3 is 0 Å². The summed E-state index contributed by atoms with van der Waals surface area (Å²) >= 11 is 9.10. The van der Waals surface area contributed by atoms with E-state index < -0.39 is 16.1 Å². The number of aliphatic hydroxyl groups excluding tert-OH is 1. The van der Waals surface area contributed by atoms with E-state index in [1.807, 2.05) is 0 Å². The first-order valence-corrected chi connectivity index (χ1v) is 7.45. The molecule has 1 aromatic rings. The smallest absolute Gasteiger partial charge is 0.244 e. The van der Waals surface area contributed by atoms with Crippen LogP contribution in [-0.4, -0.2) is 37.5 Å². The van der Waals surface area contributed by atoms with Crippen molar-refractivity contribution >= 4 is 37.6 Å². The van der Waals surface area contributed by atoms with Crippen molar-refractivity contribution in [3.63, 3.8) is 0 Å². The minimum absolute atomic E-state index is 0.0225. The van der Waals surface area contributed by atoms with E-state index >= 15 is 0 Å². The number of benzene rings is 1. The molecule has 96 valence electrons. The molecule has 0 aromatic heterocycles. The highest BCUT2D eigenvalue weighted by Crippen LogP contribution is 2.27. The molecule has 0 aliphatic carbocycles. The summed E-state index contributed by atoms with van der Waals surface area (Å²) in [5.74, 6) is 0. The Bertz CT molecular complexity index is 504. The highest BCUT2D eigenvalue weighted by atomic mass is 79.9. The Morgan fingerprint density at radius 1 is 1.53 bits per heavy atom. The predicted octanol–water partition coefficient (Wildman–Crippen LogP) is 2.10. The molecule has 17 heavy (non-hydrogen) atoms. The third kappa shape index (κ3) is 3.66. The van der Waals surface area contributed by atoms with E-state index in [4.69, 9.17) is 11.6 Å². The van der Waals surface area contributed by atoms with Crippen LogP contribution in [0.25, 0.3) is 0 Å². The van der Waals surface area contributed by atoms with Gasteiger partial charge in [-0.15, -0.1) is 0 Å². The van der Waals surface area contributed by atoms with Gasteiger partial charge in [0, 0.05) is 18.1 Å². The lowest BCUT2D eigenvalue weighted by atomic mass is 10.4. The zero-order valence-electron chi connectivity index (χ0n) is 9.39. The maximum absolute atomic E-state index is 12.1. The lowest BCUT2D eigenvalue weighted by molar-refractivity contribution is 0.171. The largest absolute Gasteiger partial charge is 0.392 e. The summed E-state index contributed by atoms with van der Waals surface area (Å²) in [7, 11) is -2.26. The van der Waals surface area contributed by atoms with Crippen LogP contribution >= 0.6 is 27.5 Å². The van der Waals surface area contributed by atoms with Gasteiger partial charge in [-0.05, 0) is 25.1 Å². The van der Waals surface area contributed by atoms with E-state index in [0.717, 1.165) is 4.31 Å². The van der Waals surface area contributed by atoms with Crippen molar-refractivity contribution in [2.45, 2.75) is 17.9 Å². The summed E-state index contributed by atoms with van der Waals surface area (Å²) in [6.45, 7) is 1.55. The highest BCUT2D eigenvalue weighted by Gasteiger charge is 2.24. The second-order valence-corrected chi connectivity index (χ2v) is 7.05. The Hall–Kier alpha value is -0.140. The van der Waals surface area contributed by atoms with Crippen molar-refractivity contribution in [2.24, 2.45) is 0 Å². The zero-order chi connectivity index (χ0) is 13.2. The van der Waals surface area contributed by atoms with Crippen molar-refractivity contribution < 1.29 is 13.5 Å². The van der Waals surface area contributed by atoms with Crippen LogP contribution in [-0.2, 0) is 10.0 Å². The van der Waals surface area contributed by atoms with Crippen LogP contribution in [0.3, 0.4) is 0 Å². The third-order valence-corrected chi connectivity index (χ3v) is 4.90. The lowest BCUT2D eigenvalue weighted by Gasteiger charge is -2.19. The molecule has 4 nitrogen and oxygen atoms in total. The van der Waals surface area contributed by atoms with Crippen molar-refractivity contribution in [3.05, 3.63) is 27.7 Å². The van der Waals surface area contributed by atoms with E-state index in [1.165, 1.54) is 26.1 Å². The molecule has 1 unspecified atom stereocenters. The van der Waals surface area contributed by atoms with Gasteiger partial charge in [0.1, 0.15) is 4.90 Å². The lowest BCUT2D eigenvalue weighted by Crippen LogP contribution is -2.33. The number of rotatable bonds is 4. The first-order valence-electron chi connectivity index (χ1n) is 4.84. The van der Waals surface area contributed by atoms with E-state index in [2.05, 4.69) is 15.9 Å². The van der Waals surface area contributed by atoms with E-state index in [9.17, 15) is 13.5 Å². The number of likely N-dealkylation sites (N-methyl/N-ethyl adjacent to an activating group) is 1. The van der Waals surface area contributed by atoms with Crippen LogP contribution < -0.4 is 0 Å². The summed E-state index contributed by atoms with van der Waals surface area (Å²) in [6.07, 6.45) is -0.732. The molecule has 0 radical (unpaired) electrons. The first-order chi connectivity index (χ1) is 7.75. The molecule has 1 atom stereocenters. The summed E-state index contributed by atoms with van der Waals surface area (Å²) in [4.78, 5) is 0.0329. The molecule has 7 heteroatoms. The van der Waals surface area contributed by atoms with Gasteiger partial charge in [-0.2, -0.15) is 4.31 Å². The molecule has 0 saturated carbocycles. The van der Waals surface area contributed by atoms with Crippen molar-refractivity contribution in [2.75, 3.05) is 13.6 Å². The molecule has 0 aliphatic rings. The standard InChI is InChI=1S/C10H13BrClNO3S/c1-7(14)6-13(2)17(15,16)10-4-3-8(11)5-9(10)12/h3-5,7,14H,6H2,1-2H3. The van der Waals surface area contributed by atoms with Gasteiger partial charge in [-0.3, -0.25) is 0 Å². The van der Waals surface area contributed by atoms with Crippen molar-refractivity contribution in [3.8, 4) is 0 Å². The van der Waals surface area contributed by atoms with Gasteiger partial charge < -0.3 is 5.11 Å². The SMILES string of the molecule is CC(O)CN(C)S(=O)(=O)c1ccc(Br)cc1Cl. The fourth-order valence-electron chi connectivity index (χ4n) is 1.32. The molecule has 0 amide bonds. The summed E-state index contributed by atoms with van der Waals surface area (Å²) in [5.41, 5.74) is 0. The Kier molecular flexibility index (Phi) is 4.97. The number of aliphatic hydroxyl groups is 1. The fourth-order valence-corrected chi connectivity index (χ4v) is 3.58. The number of hydrogen-bond donors (Lipinski definition) is 1. The van der Waals surface area contributed by atoms with Crippen LogP contribution in [0.2, 0.25) is 5.02 Å². The van der Waals surface area contributed by atoms with Gasteiger partial charge in [0.05, 0.1) is 11.1 Å². The molecular weight excluding hydrogens is 330 g/mol. The summed E-state index contributed by atoms with van der Waals surface area (Å²) in [5, 5.41) is 9.35. The maximum atomic E-state index is 12.1. The molecule has 1 aromatic carbocycles. The average Bonchev–Trinajstić information content (AvgIpc) is 2.15. The van der Waals surface area contributed by atoms with E-state index in [1.54, 1.807) is 6.07 Å². The van der Waals surface area contributed by atoms with Crippen LogP contribution in [0.4, 0.5) is 0 Å². The number of sulfonamides is 1. The number of nitrogens with zero attached hydrogens (tertiary/aromatic N) is 1. The zero-order valence-corrected chi connectivity index (χ0v) is 12.6. The van der Waals surface area contributed by atoms with Gasteiger partial charge in [-0.1, -0.05) is 27.5 Å². The minimum atomic E-state index is -3.66. The Balaban J connectivity index is 3.13. The van der Waals surface area contributed by atoms with Gasteiger partial charge in [0.15, 0.2) is 0 Å². The monoisotopic (exact) mass is 341 g/mol. The second-order valence-electron chi connectivity index (χ2n) is 3.71. The van der Waals surface area contributed by atoms with E-state index in [0.29, 0.717) is 4.47 Å². The average molecular weight is 343 g/mol. The molecule has 0 bridgehead atoms. The molecule has 0 spiro atoms. The van der Waals surface area contributed by atoms with E-state index in [-0.39, 0.29) is 16.5 Å². The molecular formula is C10H13BrClNO3S. The van der Waals surface area contributed by atoms with Crippen LogP contribution in [0.5, 0.6) is 0 Å². The molecule has 1 N–H and O–H groups in total. The van der Waals surface area contributed by atoms with Crippen molar-refractivity contribution in [1.82, 2.24) is 4.31 Å². The minimum Gasteiger partial charge on any atom is -0.392 e. The number of halogens is 2. The Morgan fingerprint density at radius 3 is 2.59 bits per heavy atom. The second kappa shape index (κ2) is 5.67. The fraction of sp³-hybridized carbons (Fsp3) is 0.400.